The van der Waals surface area contributed by atoms with Gasteiger partial charge in [-0.15, -0.1) is 0 Å². The normalized spacial score (nSPS) is 21.6. The van der Waals surface area contributed by atoms with E-state index in [0.29, 0.717) is 15.6 Å². The van der Waals surface area contributed by atoms with Gasteiger partial charge in [0.05, 0.1) is 28.7 Å². The van der Waals surface area contributed by atoms with Gasteiger partial charge in [-0.3, -0.25) is 4.79 Å². The molecule has 2 N–H and O–H groups in total. The number of amides is 2. The summed E-state index contributed by atoms with van der Waals surface area (Å²) < 4.78 is 5.84. The summed E-state index contributed by atoms with van der Waals surface area (Å²) >= 11 is 12.1. The quantitative estimate of drug-likeness (QED) is 0.811. The van der Waals surface area contributed by atoms with E-state index in [2.05, 4.69) is 5.32 Å². The van der Waals surface area contributed by atoms with Crippen molar-refractivity contribution in [2.75, 3.05) is 19.7 Å². The summed E-state index contributed by atoms with van der Waals surface area (Å²) in [5.74, 6) is -0.966. The van der Waals surface area contributed by atoms with Crippen molar-refractivity contribution in [2.45, 2.75) is 32.4 Å². The third-order valence-electron chi connectivity index (χ3n) is 3.82. The van der Waals surface area contributed by atoms with Crippen LogP contribution >= 0.6 is 23.2 Å². The molecule has 0 spiro atoms. The van der Waals surface area contributed by atoms with E-state index < -0.39 is 23.7 Å². The monoisotopic (exact) mass is 388 g/mol. The van der Waals surface area contributed by atoms with Crippen LogP contribution in [0.15, 0.2) is 18.2 Å². The first-order valence-electron chi connectivity index (χ1n) is 7.95. The van der Waals surface area contributed by atoms with Crippen molar-refractivity contribution in [2.24, 2.45) is 5.92 Å². The van der Waals surface area contributed by atoms with Crippen LogP contribution in [0.4, 0.5) is 4.79 Å². The molecule has 1 aromatic rings. The molecule has 0 unspecified atom stereocenters. The maximum absolute atomic E-state index is 12.8. The summed E-state index contributed by atoms with van der Waals surface area (Å²) in [7, 11) is 0. The lowest BCUT2D eigenvalue weighted by molar-refractivity contribution is -0.131. The maximum Gasteiger partial charge on any atom is 0.407 e. The summed E-state index contributed by atoms with van der Waals surface area (Å²) in [6.07, 6.45) is -1.69. The maximum atomic E-state index is 12.8. The second-order valence-electron chi connectivity index (χ2n) is 7.04. The first-order chi connectivity index (χ1) is 11.6. The molecule has 1 aliphatic heterocycles. The van der Waals surface area contributed by atoms with Crippen LogP contribution in [0.1, 0.15) is 32.4 Å². The van der Waals surface area contributed by atoms with Gasteiger partial charge in [0, 0.05) is 18.6 Å². The summed E-state index contributed by atoms with van der Waals surface area (Å²) in [6.45, 7) is 6.04. The van der Waals surface area contributed by atoms with E-state index in [1.807, 2.05) is 20.8 Å². The van der Waals surface area contributed by atoms with Crippen LogP contribution in [0, 0.1) is 5.92 Å². The van der Waals surface area contributed by atoms with Gasteiger partial charge in [-0.1, -0.05) is 29.3 Å². The van der Waals surface area contributed by atoms with E-state index in [1.54, 1.807) is 18.2 Å². The van der Waals surface area contributed by atoms with Crippen LogP contribution in [0.2, 0.25) is 10.0 Å². The largest absolute Gasteiger partial charge is 0.465 e. The van der Waals surface area contributed by atoms with Crippen LogP contribution in [-0.2, 0) is 9.53 Å². The molecule has 0 aliphatic carbocycles. The van der Waals surface area contributed by atoms with Crippen molar-refractivity contribution in [3.8, 4) is 0 Å². The summed E-state index contributed by atoms with van der Waals surface area (Å²) in [4.78, 5) is 25.4. The second kappa shape index (κ2) is 7.81. The summed E-state index contributed by atoms with van der Waals surface area (Å²) in [5.41, 5.74) is 0.246. The molecule has 0 radical (unpaired) electrons. The first-order valence-corrected chi connectivity index (χ1v) is 8.70. The van der Waals surface area contributed by atoms with E-state index in [-0.39, 0.29) is 25.6 Å². The van der Waals surface area contributed by atoms with Gasteiger partial charge in [-0.05, 0) is 38.5 Å². The molecule has 2 rings (SSSR count). The number of carboxylic acid groups (broad SMARTS) is 1. The molecule has 8 heteroatoms. The third kappa shape index (κ3) is 5.23. The molecular weight excluding hydrogens is 367 g/mol. The van der Waals surface area contributed by atoms with Crippen molar-refractivity contribution in [1.82, 2.24) is 10.2 Å². The van der Waals surface area contributed by atoms with E-state index in [4.69, 9.17) is 27.9 Å². The number of nitrogens with one attached hydrogen (secondary N) is 1. The van der Waals surface area contributed by atoms with Gasteiger partial charge in [0.25, 0.3) is 0 Å². The summed E-state index contributed by atoms with van der Waals surface area (Å²) in [5, 5.41) is 13.0. The van der Waals surface area contributed by atoms with Crippen LogP contribution < -0.4 is 5.32 Å². The van der Waals surface area contributed by atoms with Gasteiger partial charge < -0.3 is 20.1 Å². The van der Waals surface area contributed by atoms with Crippen LogP contribution in [0.5, 0.6) is 0 Å². The van der Waals surface area contributed by atoms with Crippen molar-refractivity contribution >= 4 is 35.2 Å². The molecule has 1 saturated heterocycles. The van der Waals surface area contributed by atoms with E-state index in [1.165, 1.54) is 4.90 Å². The van der Waals surface area contributed by atoms with Crippen molar-refractivity contribution < 1.29 is 19.4 Å². The Morgan fingerprint density at radius 1 is 1.28 bits per heavy atom. The van der Waals surface area contributed by atoms with Gasteiger partial charge in [0.1, 0.15) is 0 Å². The second-order valence-corrected chi connectivity index (χ2v) is 7.85. The molecule has 6 nitrogen and oxygen atoms in total. The zero-order valence-corrected chi connectivity index (χ0v) is 15.9. The number of rotatable bonds is 2. The number of nitrogens with zero attached hydrogens (tertiary/aromatic N) is 1. The topological polar surface area (TPSA) is 78.9 Å². The van der Waals surface area contributed by atoms with Gasteiger partial charge in [0.2, 0.25) is 5.91 Å². The molecular formula is C17H22Cl2N2O4. The number of carbonyl (C=O) groups is 2. The lowest BCUT2D eigenvalue weighted by atomic mass is 9.93. The molecule has 1 aliphatic rings. The Hall–Kier alpha value is -1.50. The lowest BCUT2D eigenvalue weighted by Gasteiger charge is -2.30. The highest BCUT2D eigenvalue weighted by atomic mass is 35.5. The van der Waals surface area contributed by atoms with Crippen LogP contribution in [0.25, 0.3) is 0 Å². The Kier molecular flexibility index (Phi) is 6.19. The molecule has 0 bridgehead atoms. The number of hydrogen-bond acceptors (Lipinski definition) is 3. The predicted molar refractivity (Wildman–Crippen MR) is 96.1 cm³/mol. The Bertz CT molecular complexity index is 661. The molecule has 0 aromatic heterocycles. The fourth-order valence-electron chi connectivity index (χ4n) is 2.70. The van der Waals surface area contributed by atoms with Crippen molar-refractivity contribution in [3.63, 3.8) is 0 Å². The standard InChI is InChI=1S/C17H22Cl2N2O4/c1-17(2,3)20-15(22)11-9-21(16(23)24)6-7-25-14(11)10-4-5-12(18)13(19)8-10/h4-5,8,11,14H,6-7,9H2,1-3H3,(H,20,22)(H,23,24)/t11-,14+/m1/s1. The third-order valence-corrected chi connectivity index (χ3v) is 4.56. The Labute approximate surface area is 157 Å². The average molecular weight is 389 g/mol. The number of hydrogen-bond donors (Lipinski definition) is 2. The van der Waals surface area contributed by atoms with E-state index in [0.717, 1.165) is 0 Å². The molecule has 138 valence electrons. The molecule has 2 atom stereocenters. The zero-order valence-electron chi connectivity index (χ0n) is 14.4. The highest BCUT2D eigenvalue weighted by Gasteiger charge is 2.37. The Balaban J connectivity index is 2.37. The smallest absolute Gasteiger partial charge is 0.407 e. The van der Waals surface area contributed by atoms with Gasteiger partial charge in [0.15, 0.2) is 0 Å². The fourth-order valence-corrected chi connectivity index (χ4v) is 3.01. The van der Waals surface area contributed by atoms with Crippen molar-refractivity contribution in [1.29, 1.82) is 0 Å². The molecule has 2 amide bonds. The molecule has 1 heterocycles. The van der Waals surface area contributed by atoms with Crippen molar-refractivity contribution in [3.05, 3.63) is 33.8 Å². The number of carbonyl (C=O) groups excluding carboxylic acids is 1. The van der Waals surface area contributed by atoms with Crippen LogP contribution in [0.3, 0.4) is 0 Å². The zero-order chi connectivity index (χ0) is 18.8. The Morgan fingerprint density at radius 3 is 2.52 bits per heavy atom. The van der Waals surface area contributed by atoms with Gasteiger partial charge in [-0.25, -0.2) is 4.79 Å². The molecule has 1 aromatic carbocycles. The van der Waals surface area contributed by atoms with Gasteiger partial charge >= 0.3 is 6.09 Å². The number of ether oxygens (including phenoxy) is 1. The number of halogens is 2. The fraction of sp³-hybridized carbons (Fsp3) is 0.529. The predicted octanol–water partition coefficient (Wildman–Crippen LogP) is 3.58. The summed E-state index contributed by atoms with van der Waals surface area (Å²) in [6, 6.07) is 5.04. The molecule has 0 saturated carbocycles. The van der Waals surface area contributed by atoms with E-state index >= 15 is 0 Å². The minimum absolute atomic E-state index is 0.0438. The molecule has 25 heavy (non-hydrogen) atoms. The Morgan fingerprint density at radius 2 is 1.96 bits per heavy atom. The minimum Gasteiger partial charge on any atom is -0.465 e. The van der Waals surface area contributed by atoms with E-state index in [9.17, 15) is 14.7 Å². The minimum atomic E-state index is -1.08. The lowest BCUT2D eigenvalue weighted by Crippen LogP contribution is -2.48. The SMILES string of the molecule is CC(C)(C)NC(=O)[C@@H]1CN(C(=O)O)CCO[C@H]1c1ccc(Cl)c(Cl)c1. The first kappa shape index (κ1) is 19.8. The van der Waals surface area contributed by atoms with Gasteiger partial charge in [-0.2, -0.15) is 0 Å². The van der Waals surface area contributed by atoms with Crippen LogP contribution in [-0.4, -0.2) is 47.2 Å². The highest BCUT2D eigenvalue weighted by Crippen LogP contribution is 2.33. The highest BCUT2D eigenvalue weighted by molar-refractivity contribution is 6.42. The number of benzene rings is 1. The molecule has 1 fully saturated rings. The average Bonchev–Trinajstić information content (AvgIpc) is 2.71.